The smallest absolute Gasteiger partial charge is 0.408 e. The molecule has 5 rings (SSSR count). The quantitative estimate of drug-likeness (QED) is 0.683. The first-order valence-electron chi connectivity index (χ1n) is 11.1. The largest absolute Gasteiger partial charge is 0.478 e. The molecule has 32 heavy (non-hydrogen) atoms. The van der Waals surface area contributed by atoms with Crippen LogP contribution in [0.5, 0.6) is 5.75 Å². The predicted octanol–water partition coefficient (Wildman–Crippen LogP) is 3.84. The number of benzene rings is 2. The van der Waals surface area contributed by atoms with Gasteiger partial charge in [-0.15, -0.1) is 0 Å². The lowest BCUT2D eigenvalue weighted by Crippen LogP contribution is -2.52. The molecule has 0 radical (unpaired) electrons. The second-order valence-corrected chi connectivity index (χ2v) is 9.06. The number of rotatable bonds is 7. The fraction of sp³-hybridized carbons (Fsp3) is 0.440. The van der Waals surface area contributed by atoms with Crippen LogP contribution in [0.25, 0.3) is 0 Å². The molecule has 0 saturated carbocycles. The van der Waals surface area contributed by atoms with Gasteiger partial charge in [0.25, 0.3) is 0 Å². The van der Waals surface area contributed by atoms with Gasteiger partial charge >= 0.3 is 12.1 Å². The predicted molar refractivity (Wildman–Crippen MR) is 120 cm³/mol. The minimum absolute atomic E-state index is 0.0834. The minimum Gasteiger partial charge on any atom is -0.478 e. The third-order valence-corrected chi connectivity index (χ3v) is 6.33. The first-order chi connectivity index (χ1) is 15.3. The van der Waals surface area contributed by atoms with E-state index in [1.165, 1.54) is 13.8 Å². The summed E-state index contributed by atoms with van der Waals surface area (Å²) in [6, 6.07) is 16.3. The lowest BCUT2D eigenvalue weighted by Gasteiger charge is -2.43. The van der Waals surface area contributed by atoms with E-state index in [-0.39, 0.29) is 6.10 Å². The summed E-state index contributed by atoms with van der Waals surface area (Å²) in [5.74, 6) is -0.207. The molecule has 2 aromatic carbocycles. The van der Waals surface area contributed by atoms with E-state index in [1.54, 1.807) is 18.2 Å². The molecular weight excluding hydrogens is 408 g/mol. The Hall–Kier alpha value is -3.06. The molecule has 3 fully saturated rings. The Morgan fingerprint density at radius 1 is 1.06 bits per heavy atom. The first kappa shape index (κ1) is 22.1. The molecule has 3 saturated heterocycles. The van der Waals surface area contributed by atoms with Crippen molar-refractivity contribution < 1.29 is 24.2 Å². The zero-order chi connectivity index (χ0) is 22.7. The van der Waals surface area contributed by atoms with Gasteiger partial charge < -0.3 is 19.9 Å². The van der Waals surface area contributed by atoms with Gasteiger partial charge in [0.1, 0.15) is 11.9 Å². The molecule has 3 aliphatic rings. The van der Waals surface area contributed by atoms with Crippen LogP contribution in [0.2, 0.25) is 0 Å². The van der Waals surface area contributed by atoms with Crippen molar-refractivity contribution in [3.05, 3.63) is 65.7 Å². The van der Waals surface area contributed by atoms with Gasteiger partial charge in [0.15, 0.2) is 5.60 Å². The van der Waals surface area contributed by atoms with Crippen molar-refractivity contribution >= 4 is 12.1 Å². The van der Waals surface area contributed by atoms with Crippen LogP contribution >= 0.6 is 0 Å². The highest BCUT2D eigenvalue weighted by molar-refractivity contribution is 5.76. The number of hydrogen-bond donors (Lipinski definition) is 2. The van der Waals surface area contributed by atoms with E-state index in [9.17, 15) is 14.7 Å². The summed E-state index contributed by atoms with van der Waals surface area (Å²) in [5, 5.41) is 12.4. The lowest BCUT2D eigenvalue weighted by atomic mass is 9.86. The van der Waals surface area contributed by atoms with Gasteiger partial charge in [0.2, 0.25) is 0 Å². The van der Waals surface area contributed by atoms with Crippen LogP contribution in [0, 0.1) is 5.92 Å². The van der Waals surface area contributed by atoms with Gasteiger partial charge in [-0.25, -0.2) is 9.59 Å². The Labute approximate surface area is 188 Å². The monoisotopic (exact) mass is 438 g/mol. The van der Waals surface area contributed by atoms with Crippen LogP contribution in [-0.2, 0) is 9.53 Å². The SMILES string of the molecule is CC(C)(Oc1cccc(C(NC(=O)O[C@H]2CN3CCC2CC3)c2ccccc2)c1)C(=O)O. The second kappa shape index (κ2) is 9.20. The highest BCUT2D eigenvalue weighted by atomic mass is 16.6. The van der Waals surface area contributed by atoms with Gasteiger partial charge in [-0.1, -0.05) is 42.5 Å². The molecule has 0 spiro atoms. The number of nitrogens with one attached hydrogen (secondary N) is 1. The van der Waals surface area contributed by atoms with E-state index in [1.807, 2.05) is 36.4 Å². The number of alkyl carbamates (subject to hydrolysis) is 1. The highest BCUT2D eigenvalue weighted by Crippen LogP contribution is 2.31. The molecule has 1 amide bonds. The molecule has 7 heteroatoms. The van der Waals surface area contributed by atoms with Crippen molar-refractivity contribution in [3.8, 4) is 5.75 Å². The summed E-state index contributed by atoms with van der Waals surface area (Å²) in [7, 11) is 0. The molecule has 3 aliphatic heterocycles. The summed E-state index contributed by atoms with van der Waals surface area (Å²) in [4.78, 5) is 26.7. The highest BCUT2D eigenvalue weighted by Gasteiger charge is 2.37. The number of carbonyl (C=O) groups excluding carboxylic acids is 1. The molecule has 170 valence electrons. The molecule has 0 aromatic heterocycles. The van der Waals surface area contributed by atoms with Crippen LogP contribution in [0.1, 0.15) is 43.9 Å². The first-order valence-corrected chi connectivity index (χ1v) is 11.1. The van der Waals surface area contributed by atoms with Crippen molar-refractivity contribution in [2.45, 2.75) is 44.4 Å². The number of hydrogen-bond acceptors (Lipinski definition) is 5. The topological polar surface area (TPSA) is 88.1 Å². The molecule has 7 nitrogen and oxygen atoms in total. The summed E-state index contributed by atoms with van der Waals surface area (Å²) in [6.07, 6.45) is 1.60. The Kier molecular flexibility index (Phi) is 6.37. The van der Waals surface area contributed by atoms with Crippen LogP contribution in [0.4, 0.5) is 4.79 Å². The maximum absolute atomic E-state index is 12.9. The van der Waals surface area contributed by atoms with Crippen molar-refractivity contribution in [3.63, 3.8) is 0 Å². The number of ether oxygens (including phenoxy) is 2. The molecule has 3 heterocycles. The van der Waals surface area contributed by atoms with Gasteiger partial charge in [-0.05, 0) is 69.0 Å². The summed E-state index contributed by atoms with van der Waals surface area (Å²) >= 11 is 0. The molecule has 2 N–H and O–H groups in total. The van der Waals surface area contributed by atoms with Gasteiger partial charge in [-0.2, -0.15) is 0 Å². The van der Waals surface area contributed by atoms with Crippen LogP contribution in [0.3, 0.4) is 0 Å². The maximum Gasteiger partial charge on any atom is 0.408 e. The zero-order valence-electron chi connectivity index (χ0n) is 18.5. The standard InChI is InChI=1S/C25H30N2O5/c1-25(2,23(28)29)32-20-10-6-9-19(15-20)22(18-7-4-3-5-8-18)26-24(30)31-21-16-27-13-11-17(21)12-14-27/h3-10,15,17,21-22H,11-14,16H2,1-2H3,(H,26,30)(H,28,29)/t21-,22?/m0/s1. The normalized spacial score (nSPS) is 23.2. The molecule has 2 atom stereocenters. The summed E-state index contributed by atoms with van der Waals surface area (Å²) in [6.45, 7) is 5.96. The molecular formula is C25H30N2O5. The number of nitrogens with zero attached hydrogens (tertiary/aromatic N) is 1. The molecule has 2 aromatic rings. The van der Waals surface area contributed by atoms with Crippen molar-refractivity contribution in [1.82, 2.24) is 10.2 Å². The number of piperidine rings is 3. The fourth-order valence-corrected chi connectivity index (χ4v) is 4.43. The van der Waals surface area contributed by atoms with Gasteiger partial charge in [0, 0.05) is 6.54 Å². The summed E-state index contributed by atoms with van der Waals surface area (Å²) < 4.78 is 11.5. The van der Waals surface area contributed by atoms with Gasteiger partial charge in [0.05, 0.1) is 6.04 Å². The number of carbonyl (C=O) groups is 2. The Morgan fingerprint density at radius 3 is 2.38 bits per heavy atom. The van der Waals surface area contributed by atoms with Crippen LogP contribution < -0.4 is 10.1 Å². The van der Waals surface area contributed by atoms with E-state index in [0.717, 1.165) is 43.6 Å². The van der Waals surface area contributed by atoms with Crippen LogP contribution in [-0.4, -0.2) is 53.4 Å². The van der Waals surface area contributed by atoms with Crippen molar-refractivity contribution in [1.29, 1.82) is 0 Å². The zero-order valence-corrected chi connectivity index (χ0v) is 18.5. The van der Waals surface area contributed by atoms with E-state index in [4.69, 9.17) is 9.47 Å². The van der Waals surface area contributed by atoms with Gasteiger partial charge in [-0.3, -0.25) is 4.90 Å². The third-order valence-electron chi connectivity index (χ3n) is 6.33. The third kappa shape index (κ3) is 5.05. The second-order valence-electron chi connectivity index (χ2n) is 9.06. The van der Waals surface area contributed by atoms with Crippen LogP contribution in [0.15, 0.2) is 54.6 Å². The van der Waals surface area contributed by atoms with E-state index in [2.05, 4.69) is 10.2 Å². The van der Waals surface area contributed by atoms with Crippen molar-refractivity contribution in [2.24, 2.45) is 5.92 Å². The fourth-order valence-electron chi connectivity index (χ4n) is 4.43. The number of fused-ring (bicyclic) bond motifs is 3. The number of aliphatic carboxylic acids is 1. The Morgan fingerprint density at radius 2 is 1.75 bits per heavy atom. The number of carboxylic acid groups (broad SMARTS) is 1. The number of carboxylic acids is 1. The average molecular weight is 439 g/mol. The molecule has 0 aliphatic carbocycles. The lowest BCUT2D eigenvalue weighted by molar-refractivity contribution is -0.152. The number of amides is 1. The Balaban J connectivity index is 1.53. The Bertz CT molecular complexity index is 954. The van der Waals surface area contributed by atoms with E-state index < -0.39 is 23.7 Å². The van der Waals surface area contributed by atoms with E-state index >= 15 is 0 Å². The van der Waals surface area contributed by atoms with Crippen molar-refractivity contribution in [2.75, 3.05) is 19.6 Å². The minimum atomic E-state index is -1.37. The average Bonchev–Trinajstić information content (AvgIpc) is 2.78. The molecule has 2 bridgehead atoms. The molecule has 1 unspecified atom stereocenters. The van der Waals surface area contributed by atoms with E-state index in [0.29, 0.717) is 11.7 Å². The summed E-state index contributed by atoms with van der Waals surface area (Å²) in [5.41, 5.74) is 0.303. The maximum atomic E-state index is 12.9.